The summed E-state index contributed by atoms with van der Waals surface area (Å²) in [4.78, 5) is 27.7. The molecule has 0 bridgehead atoms. The Bertz CT molecular complexity index is 576. The summed E-state index contributed by atoms with van der Waals surface area (Å²) in [5.41, 5.74) is 1.01. The van der Waals surface area contributed by atoms with E-state index in [1.54, 1.807) is 4.90 Å². The Morgan fingerprint density at radius 1 is 1.23 bits per heavy atom. The molecule has 0 aromatic heterocycles. The lowest BCUT2D eigenvalue weighted by Crippen LogP contribution is -2.54. The lowest BCUT2D eigenvalue weighted by Gasteiger charge is -2.36. The van der Waals surface area contributed by atoms with Crippen molar-refractivity contribution in [1.29, 1.82) is 0 Å². The second kappa shape index (κ2) is 6.79. The molecule has 0 radical (unpaired) electrons. The molecule has 2 heterocycles. The maximum absolute atomic E-state index is 12.2. The van der Waals surface area contributed by atoms with Gasteiger partial charge in [-0.05, 0) is 18.6 Å². The summed E-state index contributed by atoms with van der Waals surface area (Å²) in [5, 5.41) is 3.64. The van der Waals surface area contributed by atoms with Crippen LogP contribution in [0.5, 0.6) is 0 Å². The molecule has 2 aliphatic rings. The van der Waals surface area contributed by atoms with Crippen LogP contribution >= 0.6 is 23.4 Å². The number of hydrogen-bond donors (Lipinski definition) is 1. The first kappa shape index (κ1) is 15.5. The molecule has 1 unspecified atom stereocenters. The first-order chi connectivity index (χ1) is 10.6. The molecule has 0 saturated carbocycles. The van der Waals surface area contributed by atoms with E-state index in [-0.39, 0.29) is 17.2 Å². The van der Waals surface area contributed by atoms with Gasteiger partial charge in [-0.15, -0.1) is 0 Å². The third kappa shape index (κ3) is 3.33. The van der Waals surface area contributed by atoms with Crippen LogP contribution in [0.15, 0.2) is 24.3 Å². The van der Waals surface area contributed by atoms with Crippen molar-refractivity contribution in [3.63, 3.8) is 0 Å². The zero-order valence-corrected chi connectivity index (χ0v) is 13.7. The number of carbonyl (C=O) groups is 2. The number of anilines is 1. The highest BCUT2D eigenvalue weighted by Gasteiger charge is 2.29. The standard InChI is InChI=1S/C15H18ClN3O2S/c16-11-3-1-2-4-13(11)18-6-8-19(9-7-18)15(21)17-12-5-10-22-14(12)20/h1-4,12H,5-10H2,(H,17,21). The van der Waals surface area contributed by atoms with E-state index in [4.69, 9.17) is 11.6 Å². The minimum atomic E-state index is -0.320. The molecule has 7 heteroatoms. The number of nitrogens with zero attached hydrogens (tertiary/aromatic N) is 2. The topological polar surface area (TPSA) is 52.7 Å². The number of hydrogen-bond acceptors (Lipinski definition) is 4. The first-order valence-electron chi connectivity index (χ1n) is 7.37. The predicted molar refractivity (Wildman–Crippen MR) is 89.6 cm³/mol. The number of nitrogens with one attached hydrogen (secondary N) is 1. The van der Waals surface area contributed by atoms with E-state index < -0.39 is 0 Å². The van der Waals surface area contributed by atoms with E-state index in [0.717, 1.165) is 36.0 Å². The van der Waals surface area contributed by atoms with E-state index in [1.165, 1.54) is 11.8 Å². The molecule has 2 fully saturated rings. The molecule has 1 aromatic carbocycles. The minimum absolute atomic E-state index is 0.0723. The fourth-order valence-corrected chi connectivity index (χ4v) is 3.91. The Kier molecular flexibility index (Phi) is 4.78. The zero-order chi connectivity index (χ0) is 15.5. The van der Waals surface area contributed by atoms with E-state index in [2.05, 4.69) is 10.2 Å². The fourth-order valence-electron chi connectivity index (χ4n) is 2.73. The average Bonchev–Trinajstić information content (AvgIpc) is 2.93. The minimum Gasteiger partial charge on any atom is -0.367 e. The molecule has 2 saturated heterocycles. The van der Waals surface area contributed by atoms with Crippen molar-refractivity contribution >= 4 is 40.2 Å². The third-order valence-corrected chi connectivity index (χ3v) is 5.32. The van der Waals surface area contributed by atoms with Gasteiger partial charge in [0.2, 0.25) is 5.12 Å². The van der Waals surface area contributed by atoms with Gasteiger partial charge in [0.05, 0.1) is 10.7 Å². The Hall–Kier alpha value is -1.40. The van der Waals surface area contributed by atoms with Gasteiger partial charge in [-0.2, -0.15) is 0 Å². The largest absolute Gasteiger partial charge is 0.367 e. The maximum Gasteiger partial charge on any atom is 0.318 e. The summed E-state index contributed by atoms with van der Waals surface area (Å²) in [5.74, 6) is 0.796. The monoisotopic (exact) mass is 339 g/mol. The van der Waals surface area contributed by atoms with Gasteiger partial charge in [0, 0.05) is 31.9 Å². The van der Waals surface area contributed by atoms with Crippen LogP contribution in [0.2, 0.25) is 5.02 Å². The SMILES string of the molecule is O=C1SCCC1NC(=O)N1CCN(c2ccccc2Cl)CC1. The van der Waals surface area contributed by atoms with Crippen LogP contribution < -0.4 is 10.2 Å². The van der Waals surface area contributed by atoms with Gasteiger partial charge in [0.1, 0.15) is 6.04 Å². The van der Waals surface area contributed by atoms with Gasteiger partial charge in [-0.1, -0.05) is 35.5 Å². The molecule has 1 aromatic rings. The van der Waals surface area contributed by atoms with Crippen molar-refractivity contribution in [2.45, 2.75) is 12.5 Å². The second-order valence-electron chi connectivity index (χ2n) is 5.38. The second-order valence-corrected chi connectivity index (χ2v) is 6.89. The van der Waals surface area contributed by atoms with Crippen LogP contribution in [0.3, 0.4) is 0 Å². The van der Waals surface area contributed by atoms with Crippen LogP contribution in [-0.2, 0) is 4.79 Å². The first-order valence-corrected chi connectivity index (χ1v) is 8.73. The zero-order valence-electron chi connectivity index (χ0n) is 12.1. The van der Waals surface area contributed by atoms with Gasteiger partial charge in [-0.25, -0.2) is 4.79 Å². The van der Waals surface area contributed by atoms with Crippen molar-refractivity contribution in [1.82, 2.24) is 10.2 Å². The van der Waals surface area contributed by atoms with Crippen LogP contribution in [0.25, 0.3) is 0 Å². The molecule has 1 atom stereocenters. The molecule has 0 aliphatic carbocycles. The summed E-state index contributed by atoms with van der Waals surface area (Å²) in [7, 11) is 0. The maximum atomic E-state index is 12.2. The lowest BCUT2D eigenvalue weighted by molar-refractivity contribution is -0.112. The smallest absolute Gasteiger partial charge is 0.318 e. The molecular weight excluding hydrogens is 322 g/mol. The molecule has 3 rings (SSSR count). The van der Waals surface area contributed by atoms with Gasteiger partial charge in [-0.3, -0.25) is 4.79 Å². The molecule has 5 nitrogen and oxygen atoms in total. The average molecular weight is 340 g/mol. The predicted octanol–water partition coefficient (Wildman–Crippen LogP) is 2.20. The normalized spacial score (nSPS) is 22.0. The van der Waals surface area contributed by atoms with Gasteiger partial charge < -0.3 is 15.1 Å². The number of thioether (sulfide) groups is 1. The number of rotatable bonds is 2. The van der Waals surface area contributed by atoms with Crippen LogP contribution in [0.4, 0.5) is 10.5 Å². The van der Waals surface area contributed by atoms with Crippen molar-refractivity contribution in [3.8, 4) is 0 Å². The van der Waals surface area contributed by atoms with Crippen LogP contribution in [0, 0.1) is 0 Å². The quantitative estimate of drug-likeness (QED) is 0.897. The van der Waals surface area contributed by atoms with Gasteiger partial charge in [0.15, 0.2) is 0 Å². The van der Waals surface area contributed by atoms with Crippen LogP contribution in [-0.4, -0.2) is 54.0 Å². The molecular formula is C15H18ClN3O2S. The molecule has 0 spiro atoms. The highest BCUT2D eigenvalue weighted by Crippen LogP contribution is 2.26. The summed E-state index contributed by atoms with van der Waals surface area (Å²) < 4.78 is 0. The number of para-hydroxylation sites is 1. The van der Waals surface area contributed by atoms with Crippen molar-refractivity contribution < 1.29 is 9.59 Å². The lowest BCUT2D eigenvalue weighted by atomic mass is 10.2. The highest BCUT2D eigenvalue weighted by atomic mass is 35.5. The van der Waals surface area contributed by atoms with Gasteiger partial charge >= 0.3 is 6.03 Å². The number of carbonyl (C=O) groups excluding carboxylic acids is 2. The van der Waals surface area contributed by atoms with Crippen molar-refractivity contribution in [3.05, 3.63) is 29.3 Å². The molecule has 1 N–H and O–H groups in total. The number of piperazine rings is 1. The van der Waals surface area contributed by atoms with Gasteiger partial charge in [0.25, 0.3) is 0 Å². The van der Waals surface area contributed by atoms with E-state index in [0.29, 0.717) is 13.1 Å². The number of amides is 2. The number of urea groups is 1. The summed E-state index contributed by atoms with van der Waals surface area (Å²) >= 11 is 7.51. The summed E-state index contributed by atoms with van der Waals surface area (Å²) in [6.45, 7) is 2.74. The van der Waals surface area contributed by atoms with Crippen molar-refractivity contribution in [2.75, 3.05) is 36.8 Å². The molecule has 22 heavy (non-hydrogen) atoms. The van der Waals surface area contributed by atoms with E-state index in [9.17, 15) is 9.59 Å². The Morgan fingerprint density at radius 2 is 1.95 bits per heavy atom. The van der Waals surface area contributed by atoms with Crippen LogP contribution in [0.1, 0.15) is 6.42 Å². The summed E-state index contributed by atoms with van der Waals surface area (Å²) in [6.07, 6.45) is 0.731. The number of halogens is 1. The highest BCUT2D eigenvalue weighted by molar-refractivity contribution is 8.14. The van der Waals surface area contributed by atoms with E-state index in [1.807, 2.05) is 24.3 Å². The molecule has 118 valence electrons. The summed E-state index contributed by atoms with van der Waals surface area (Å²) in [6, 6.07) is 7.28. The van der Waals surface area contributed by atoms with Crippen molar-refractivity contribution in [2.24, 2.45) is 0 Å². The Morgan fingerprint density at radius 3 is 2.59 bits per heavy atom. The number of benzene rings is 1. The fraction of sp³-hybridized carbons (Fsp3) is 0.467. The Balaban J connectivity index is 1.54. The Labute approximate surface area is 139 Å². The van der Waals surface area contributed by atoms with E-state index >= 15 is 0 Å². The molecule has 2 amide bonds. The molecule has 2 aliphatic heterocycles. The third-order valence-electron chi connectivity index (χ3n) is 3.99.